The van der Waals surface area contributed by atoms with Crippen molar-refractivity contribution < 1.29 is 13.5 Å². The second kappa shape index (κ2) is 6.02. The van der Waals surface area contributed by atoms with Crippen molar-refractivity contribution in [3.63, 3.8) is 0 Å². The molecule has 1 saturated heterocycles. The largest absolute Gasteiger partial charge is 0.392 e. The topological polar surface area (TPSA) is 57.6 Å². The fourth-order valence-corrected chi connectivity index (χ4v) is 5.24. The van der Waals surface area contributed by atoms with Crippen molar-refractivity contribution in [1.29, 1.82) is 0 Å². The number of hydrogen-bond donors (Lipinski definition) is 1. The van der Waals surface area contributed by atoms with Gasteiger partial charge in [0.1, 0.15) is 4.90 Å². The van der Waals surface area contributed by atoms with Crippen LogP contribution in [0.4, 0.5) is 0 Å². The molecule has 112 valence electrons. The number of aliphatic hydroxyl groups is 1. The van der Waals surface area contributed by atoms with Crippen LogP contribution in [0.5, 0.6) is 0 Å². The summed E-state index contributed by atoms with van der Waals surface area (Å²) in [7, 11) is -3.63. The lowest BCUT2D eigenvalue weighted by Crippen LogP contribution is -2.47. The van der Waals surface area contributed by atoms with E-state index in [1.165, 1.54) is 12.1 Å². The van der Waals surface area contributed by atoms with Crippen molar-refractivity contribution in [2.45, 2.75) is 56.7 Å². The lowest BCUT2D eigenvalue weighted by atomic mass is 10.0. The lowest BCUT2D eigenvalue weighted by Gasteiger charge is -2.37. The van der Waals surface area contributed by atoms with Gasteiger partial charge in [-0.05, 0) is 44.4 Å². The highest BCUT2D eigenvalue weighted by Gasteiger charge is 2.36. The summed E-state index contributed by atoms with van der Waals surface area (Å²) in [6, 6.07) is 4.56. The van der Waals surface area contributed by atoms with E-state index in [4.69, 9.17) is 11.6 Å². The predicted molar refractivity (Wildman–Crippen MR) is 79.2 cm³/mol. The number of rotatable bonds is 3. The number of nitrogens with zero attached hydrogens (tertiary/aromatic N) is 1. The van der Waals surface area contributed by atoms with E-state index >= 15 is 0 Å². The molecule has 6 heteroatoms. The Kier molecular flexibility index (Phi) is 4.74. The summed E-state index contributed by atoms with van der Waals surface area (Å²) in [6.07, 6.45) is 2.76. The normalized spacial score (nSPS) is 24.8. The Bertz CT molecular complexity index is 578. The van der Waals surface area contributed by atoms with E-state index in [1.807, 2.05) is 13.8 Å². The summed E-state index contributed by atoms with van der Waals surface area (Å²) in [6.45, 7) is 3.65. The Labute approximate surface area is 125 Å². The van der Waals surface area contributed by atoms with Gasteiger partial charge in [-0.25, -0.2) is 8.42 Å². The molecule has 1 aromatic rings. The minimum atomic E-state index is -3.63. The van der Waals surface area contributed by atoms with E-state index in [2.05, 4.69) is 0 Å². The summed E-state index contributed by atoms with van der Waals surface area (Å²) in [5.41, 5.74) is 0.547. The van der Waals surface area contributed by atoms with Gasteiger partial charge in [-0.15, -0.1) is 0 Å². The van der Waals surface area contributed by atoms with Gasteiger partial charge in [0, 0.05) is 12.1 Å². The Morgan fingerprint density at radius 2 is 1.90 bits per heavy atom. The minimum absolute atomic E-state index is 0.0300. The smallest absolute Gasteiger partial charge is 0.245 e. The van der Waals surface area contributed by atoms with E-state index in [-0.39, 0.29) is 28.6 Å². The second-order valence-electron chi connectivity index (χ2n) is 5.39. The van der Waals surface area contributed by atoms with Crippen molar-refractivity contribution in [3.05, 3.63) is 28.8 Å². The molecule has 2 rings (SSSR count). The van der Waals surface area contributed by atoms with Crippen LogP contribution in [0.25, 0.3) is 0 Å². The van der Waals surface area contributed by atoms with E-state index in [1.54, 1.807) is 10.4 Å². The maximum absolute atomic E-state index is 12.9. The van der Waals surface area contributed by atoms with Gasteiger partial charge in [-0.3, -0.25) is 0 Å². The standard InChI is InChI=1S/C14H20ClNO3S/c1-10-4-3-5-11(2)16(10)20(18,19)14-8-12(9-17)6-7-13(14)15/h6-8,10-11,17H,3-5,9H2,1-2H3/t10-,11+. The van der Waals surface area contributed by atoms with Gasteiger partial charge in [0.15, 0.2) is 0 Å². The van der Waals surface area contributed by atoms with Crippen LogP contribution in [0.1, 0.15) is 38.7 Å². The minimum Gasteiger partial charge on any atom is -0.392 e. The van der Waals surface area contributed by atoms with Gasteiger partial charge in [0.2, 0.25) is 10.0 Å². The molecule has 0 unspecified atom stereocenters. The Balaban J connectivity index is 2.49. The Morgan fingerprint density at radius 1 is 1.30 bits per heavy atom. The summed E-state index contributed by atoms with van der Waals surface area (Å²) in [5, 5.41) is 9.38. The first-order valence-electron chi connectivity index (χ1n) is 6.80. The summed E-state index contributed by atoms with van der Waals surface area (Å²) in [4.78, 5) is 0.0892. The van der Waals surface area contributed by atoms with Crippen LogP contribution >= 0.6 is 11.6 Å². The summed E-state index contributed by atoms with van der Waals surface area (Å²) < 4.78 is 27.3. The van der Waals surface area contributed by atoms with Crippen LogP contribution in [-0.4, -0.2) is 29.9 Å². The van der Waals surface area contributed by atoms with Crippen molar-refractivity contribution in [1.82, 2.24) is 4.31 Å². The molecule has 2 atom stereocenters. The highest BCUT2D eigenvalue weighted by Crippen LogP contribution is 2.33. The molecule has 0 bridgehead atoms. The summed E-state index contributed by atoms with van der Waals surface area (Å²) in [5.74, 6) is 0. The van der Waals surface area contributed by atoms with Crippen LogP contribution < -0.4 is 0 Å². The molecule has 1 aliphatic rings. The van der Waals surface area contributed by atoms with Crippen molar-refractivity contribution >= 4 is 21.6 Å². The number of benzene rings is 1. The quantitative estimate of drug-likeness (QED) is 0.932. The van der Waals surface area contributed by atoms with Gasteiger partial charge in [0.05, 0.1) is 11.6 Å². The van der Waals surface area contributed by atoms with Crippen LogP contribution in [-0.2, 0) is 16.6 Å². The molecule has 1 aliphatic heterocycles. The van der Waals surface area contributed by atoms with Gasteiger partial charge >= 0.3 is 0 Å². The molecule has 1 fully saturated rings. The molecular formula is C14H20ClNO3S. The third-order valence-corrected chi connectivity index (χ3v) is 6.46. The summed E-state index contributed by atoms with van der Waals surface area (Å²) >= 11 is 6.06. The maximum atomic E-state index is 12.9. The molecule has 1 aromatic carbocycles. The van der Waals surface area contributed by atoms with Crippen LogP contribution in [0.15, 0.2) is 23.1 Å². The SMILES string of the molecule is C[C@@H]1CCC[C@H](C)N1S(=O)(=O)c1cc(CO)ccc1Cl. The third-order valence-electron chi connectivity index (χ3n) is 3.85. The molecule has 1 heterocycles. The first-order valence-corrected chi connectivity index (χ1v) is 8.62. The van der Waals surface area contributed by atoms with Crippen LogP contribution in [0, 0.1) is 0 Å². The van der Waals surface area contributed by atoms with Gasteiger partial charge < -0.3 is 5.11 Å². The average molecular weight is 318 g/mol. The number of piperidine rings is 1. The molecular weight excluding hydrogens is 298 g/mol. The van der Waals surface area contributed by atoms with Gasteiger partial charge in [-0.2, -0.15) is 4.31 Å². The third kappa shape index (κ3) is 2.86. The second-order valence-corrected chi connectivity index (χ2v) is 7.61. The predicted octanol–water partition coefficient (Wildman–Crippen LogP) is 2.78. The highest BCUT2D eigenvalue weighted by molar-refractivity contribution is 7.89. The number of sulfonamides is 1. The lowest BCUT2D eigenvalue weighted by molar-refractivity contribution is 0.204. The fourth-order valence-electron chi connectivity index (χ4n) is 2.83. The number of hydrogen-bond acceptors (Lipinski definition) is 3. The molecule has 0 aromatic heterocycles. The maximum Gasteiger partial charge on any atom is 0.245 e. The van der Waals surface area contributed by atoms with E-state index in [0.29, 0.717) is 5.56 Å². The van der Waals surface area contributed by atoms with E-state index in [9.17, 15) is 13.5 Å². The average Bonchev–Trinajstić information content (AvgIpc) is 2.38. The van der Waals surface area contributed by atoms with E-state index in [0.717, 1.165) is 19.3 Å². The first-order chi connectivity index (χ1) is 9.37. The van der Waals surface area contributed by atoms with Crippen LogP contribution in [0.2, 0.25) is 5.02 Å². The molecule has 1 N–H and O–H groups in total. The Hall–Kier alpha value is -0.620. The molecule has 0 saturated carbocycles. The number of aliphatic hydroxyl groups excluding tert-OH is 1. The van der Waals surface area contributed by atoms with Gasteiger partial charge in [0.25, 0.3) is 0 Å². The van der Waals surface area contributed by atoms with Crippen molar-refractivity contribution in [2.75, 3.05) is 0 Å². The first kappa shape index (κ1) is 15.8. The zero-order chi connectivity index (χ0) is 14.9. The Morgan fingerprint density at radius 3 is 2.45 bits per heavy atom. The van der Waals surface area contributed by atoms with Crippen molar-refractivity contribution in [2.24, 2.45) is 0 Å². The number of halogens is 1. The van der Waals surface area contributed by atoms with Crippen molar-refractivity contribution in [3.8, 4) is 0 Å². The van der Waals surface area contributed by atoms with Crippen LogP contribution in [0.3, 0.4) is 0 Å². The fraction of sp³-hybridized carbons (Fsp3) is 0.571. The molecule has 0 amide bonds. The van der Waals surface area contributed by atoms with Gasteiger partial charge in [-0.1, -0.05) is 24.1 Å². The monoisotopic (exact) mass is 317 g/mol. The molecule has 0 spiro atoms. The molecule has 20 heavy (non-hydrogen) atoms. The molecule has 0 aliphatic carbocycles. The molecule has 0 radical (unpaired) electrons. The zero-order valence-electron chi connectivity index (χ0n) is 11.7. The van der Waals surface area contributed by atoms with E-state index < -0.39 is 10.0 Å². The molecule has 4 nitrogen and oxygen atoms in total. The highest BCUT2D eigenvalue weighted by atomic mass is 35.5. The zero-order valence-corrected chi connectivity index (χ0v) is 13.3.